The second-order valence-electron chi connectivity index (χ2n) is 11.9. The van der Waals surface area contributed by atoms with Crippen LogP contribution in [0, 0.1) is 18.8 Å². The molecule has 9 heteroatoms. The summed E-state index contributed by atoms with van der Waals surface area (Å²) >= 11 is 0. The van der Waals surface area contributed by atoms with Crippen LogP contribution in [0.25, 0.3) is 0 Å². The molecule has 8 nitrogen and oxygen atoms in total. The second kappa shape index (κ2) is 14.6. The first kappa shape index (κ1) is 32.1. The van der Waals surface area contributed by atoms with Crippen molar-refractivity contribution in [3.63, 3.8) is 0 Å². The molecule has 0 heterocycles. The summed E-state index contributed by atoms with van der Waals surface area (Å²) in [7, 11) is -1.97. The number of rotatable bonds is 12. The van der Waals surface area contributed by atoms with Crippen LogP contribution in [-0.2, 0) is 21.4 Å². The predicted molar refractivity (Wildman–Crippen MR) is 173 cm³/mol. The van der Waals surface area contributed by atoms with E-state index in [1.54, 1.807) is 25.1 Å². The van der Waals surface area contributed by atoms with Crippen molar-refractivity contribution in [2.75, 3.05) is 23.8 Å². The molecule has 0 spiro atoms. The van der Waals surface area contributed by atoms with E-state index in [0.717, 1.165) is 42.7 Å². The molecule has 0 unspecified atom stereocenters. The number of benzene rings is 3. The number of carbonyl (C=O) groups is 2. The van der Waals surface area contributed by atoms with Crippen molar-refractivity contribution in [2.24, 2.45) is 11.8 Å². The zero-order valence-electron chi connectivity index (χ0n) is 25.6. The average molecular weight is 605 g/mol. The van der Waals surface area contributed by atoms with Gasteiger partial charge in [-0.1, -0.05) is 75.2 Å². The molecule has 2 atom stereocenters. The summed E-state index contributed by atoms with van der Waals surface area (Å²) in [5.74, 6) is -0.944. The molecule has 1 aliphatic rings. The number of anilines is 2. The van der Waals surface area contributed by atoms with Gasteiger partial charge in [0.05, 0.1) is 22.2 Å². The van der Waals surface area contributed by atoms with Crippen molar-refractivity contribution in [3.8, 4) is 0 Å². The van der Waals surface area contributed by atoms with E-state index in [1.807, 2.05) is 36.4 Å². The maximum Gasteiger partial charge on any atom is 0.264 e. The Labute approximate surface area is 256 Å². The number of hydrogen-bond acceptors (Lipinski definition) is 6. The van der Waals surface area contributed by atoms with Crippen molar-refractivity contribution >= 4 is 33.2 Å². The smallest absolute Gasteiger partial charge is 0.264 e. The average Bonchev–Trinajstić information content (AvgIpc) is 2.99. The summed E-state index contributed by atoms with van der Waals surface area (Å²) < 4.78 is 28.3. The molecule has 0 aliphatic heterocycles. The van der Waals surface area contributed by atoms with Crippen molar-refractivity contribution in [2.45, 2.75) is 70.4 Å². The third kappa shape index (κ3) is 8.60. The van der Waals surface area contributed by atoms with Gasteiger partial charge in [-0.3, -0.25) is 9.59 Å². The number of nitrogens with zero attached hydrogens (tertiary/aromatic N) is 1. The van der Waals surface area contributed by atoms with Gasteiger partial charge in [0.25, 0.3) is 15.9 Å². The van der Waals surface area contributed by atoms with Crippen LogP contribution in [0.2, 0.25) is 0 Å². The highest BCUT2D eigenvalue weighted by Gasteiger charge is 2.34. The predicted octanol–water partition coefficient (Wildman–Crippen LogP) is 5.88. The molecule has 1 aliphatic carbocycles. The van der Waals surface area contributed by atoms with Gasteiger partial charge in [-0.15, -0.1) is 0 Å². The van der Waals surface area contributed by atoms with Gasteiger partial charge in [0.15, 0.2) is 0 Å². The summed E-state index contributed by atoms with van der Waals surface area (Å²) in [4.78, 5) is 29.1. The lowest BCUT2D eigenvalue weighted by atomic mass is 9.84. The molecule has 3 N–H and O–H groups in total. The van der Waals surface area contributed by atoms with E-state index in [1.165, 1.54) is 6.07 Å². The minimum absolute atomic E-state index is 0.0775. The van der Waals surface area contributed by atoms with Crippen molar-refractivity contribution in [1.29, 1.82) is 0 Å². The molecule has 0 aromatic heterocycles. The van der Waals surface area contributed by atoms with E-state index in [9.17, 15) is 18.0 Å². The summed E-state index contributed by atoms with van der Waals surface area (Å²) in [5, 5.41) is 6.57. The maximum absolute atomic E-state index is 13.6. The topological polar surface area (TPSA) is 108 Å². The Morgan fingerprint density at radius 1 is 0.953 bits per heavy atom. The van der Waals surface area contributed by atoms with Crippen LogP contribution in [0.5, 0.6) is 0 Å². The molecule has 3 aromatic carbocycles. The van der Waals surface area contributed by atoms with Gasteiger partial charge in [0.1, 0.15) is 0 Å². The Bertz CT molecular complexity index is 1510. The fourth-order valence-electron chi connectivity index (χ4n) is 5.51. The highest BCUT2D eigenvalue weighted by atomic mass is 32.2. The van der Waals surface area contributed by atoms with Gasteiger partial charge in [0.2, 0.25) is 5.91 Å². The highest BCUT2D eigenvalue weighted by molar-refractivity contribution is 7.90. The molecule has 43 heavy (non-hydrogen) atoms. The monoisotopic (exact) mass is 604 g/mol. The molecule has 4 rings (SSSR count). The lowest BCUT2D eigenvalue weighted by molar-refractivity contribution is -0.124. The molecule has 1 fully saturated rings. The summed E-state index contributed by atoms with van der Waals surface area (Å²) in [6.07, 6.45) is 3.79. The fraction of sp³-hybridized carbons (Fsp3) is 0.412. The normalized spacial score (nSPS) is 16.9. The van der Waals surface area contributed by atoms with E-state index >= 15 is 0 Å². The van der Waals surface area contributed by atoms with Crippen LogP contribution in [0.4, 0.5) is 11.4 Å². The van der Waals surface area contributed by atoms with Crippen LogP contribution < -0.4 is 20.3 Å². The Morgan fingerprint density at radius 2 is 1.65 bits per heavy atom. The third-order valence-electron chi connectivity index (χ3n) is 8.07. The Kier molecular flexibility index (Phi) is 10.9. The Morgan fingerprint density at radius 3 is 2.37 bits per heavy atom. The van der Waals surface area contributed by atoms with E-state index in [2.05, 4.69) is 53.3 Å². The number of amides is 2. The third-order valence-corrected chi connectivity index (χ3v) is 9.58. The number of carbonyl (C=O) groups excluding carboxylic acids is 2. The first-order chi connectivity index (χ1) is 20.5. The van der Waals surface area contributed by atoms with Crippen LogP contribution >= 0.6 is 0 Å². The minimum atomic E-state index is -4.03. The van der Waals surface area contributed by atoms with Crippen LogP contribution in [-0.4, -0.2) is 39.9 Å². The lowest BCUT2D eigenvalue weighted by Gasteiger charge is -2.31. The zero-order chi connectivity index (χ0) is 31.0. The molecule has 3 aromatic rings. The SMILES string of the molecule is Cc1ccccc1S(=O)(=O)NC(=O)[C@@H]1CCCC[C@@H]1NC(=O)c1ccc(N(C)CCC(C)C)c(NCc2ccccc2)c1. The standard InChI is InChI=1S/C34H44N4O4S/c1-24(2)20-21-38(4)31-19-18-27(22-30(31)35-23-26-13-6-5-7-14-26)33(39)36-29-16-10-9-15-28(29)34(40)37-43(41,42)32-17-11-8-12-25(32)3/h5-8,11-14,17-19,22,24,28-29,35H,9-10,15-16,20-21,23H2,1-4H3,(H,36,39)(H,37,40)/t28-,29+/m1/s1. The Hall–Kier alpha value is -3.85. The van der Waals surface area contributed by atoms with Gasteiger partial charge < -0.3 is 15.5 Å². The van der Waals surface area contributed by atoms with Crippen molar-refractivity contribution in [1.82, 2.24) is 10.0 Å². The first-order valence-electron chi connectivity index (χ1n) is 15.1. The first-order valence-corrected chi connectivity index (χ1v) is 16.6. The number of aryl methyl sites for hydroxylation is 1. The molecule has 1 saturated carbocycles. The highest BCUT2D eigenvalue weighted by Crippen LogP contribution is 2.29. The molecule has 2 amide bonds. The summed E-state index contributed by atoms with van der Waals surface area (Å²) in [6, 6.07) is 21.8. The number of hydrogen-bond donors (Lipinski definition) is 3. The molecular formula is C34H44N4O4S. The summed E-state index contributed by atoms with van der Waals surface area (Å²) in [6.45, 7) is 7.59. The van der Waals surface area contributed by atoms with Crippen molar-refractivity contribution in [3.05, 3.63) is 89.5 Å². The van der Waals surface area contributed by atoms with Crippen LogP contribution in [0.3, 0.4) is 0 Å². The fourth-order valence-corrected chi connectivity index (χ4v) is 6.78. The Balaban J connectivity index is 1.51. The van der Waals surface area contributed by atoms with E-state index in [4.69, 9.17) is 0 Å². The number of nitrogens with one attached hydrogen (secondary N) is 3. The molecule has 0 radical (unpaired) electrons. The second-order valence-corrected chi connectivity index (χ2v) is 13.5. The van der Waals surface area contributed by atoms with Crippen molar-refractivity contribution < 1.29 is 18.0 Å². The van der Waals surface area contributed by atoms with Gasteiger partial charge in [-0.05, 0) is 67.5 Å². The van der Waals surface area contributed by atoms with Gasteiger partial charge >= 0.3 is 0 Å². The molecular weight excluding hydrogens is 560 g/mol. The van der Waals surface area contributed by atoms with Gasteiger partial charge in [-0.25, -0.2) is 13.1 Å². The lowest BCUT2D eigenvalue weighted by Crippen LogP contribution is -2.49. The van der Waals surface area contributed by atoms with E-state index < -0.39 is 27.9 Å². The van der Waals surface area contributed by atoms with Gasteiger partial charge in [-0.2, -0.15) is 0 Å². The minimum Gasteiger partial charge on any atom is -0.379 e. The molecule has 0 bridgehead atoms. The largest absolute Gasteiger partial charge is 0.379 e. The molecule has 230 valence electrons. The summed E-state index contributed by atoms with van der Waals surface area (Å²) in [5.41, 5.74) is 4.03. The van der Waals surface area contributed by atoms with Gasteiger partial charge in [0, 0.05) is 31.7 Å². The van der Waals surface area contributed by atoms with E-state index in [0.29, 0.717) is 36.4 Å². The van der Waals surface area contributed by atoms with Crippen LogP contribution in [0.1, 0.15) is 67.4 Å². The van der Waals surface area contributed by atoms with Crippen LogP contribution in [0.15, 0.2) is 77.7 Å². The zero-order valence-corrected chi connectivity index (χ0v) is 26.4. The maximum atomic E-state index is 13.6. The van der Waals surface area contributed by atoms with E-state index in [-0.39, 0.29) is 10.8 Å². The quantitative estimate of drug-likeness (QED) is 0.238. The number of sulfonamides is 1. The molecule has 0 saturated heterocycles.